The maximum atomic E-state index is 12.9. The van der Waals surface area contributed by atoms with Gasteiger partial charge in [0.2, 0.25) is 17.3 Å². The monoisotopic (exact) mass is 476 g/mol. The van der Waals surface area contributed by atoms with E-state index < -0.39 is 11.6 Å². The topological polar surface area (TPSA) is 125 Å². The van der Waals surface area contributed by atoms with Crippen LogP contribution in [0.1, 0.15) is 49.0 Å². The van der Waals surface area contributed by atoms with Gasteiger partial charge in [0.05, 0.1) is 19.2 Å². The van der Waals surface area contributed by atoms with E-state index in [0.717, 1.165) is 0 Å². The average molecular weight is 476 g/mol. The van der Waals surface area contributed by atoms with E-state index in [4.69, 9.17) is 4.74 Å². The van der Waals surface area contributed by atoms with E-state index in [1.165, 1.54) is 16.9 Å². The Kier molecular flexibility index (Phi) is 6.00. The van der Waals surface area contributed by atoms with Crippen molar-refractivity contribution in [2.45, 2.75) is 13.0 Å². The van der Waals surface area contributed by atoms with E-state index >= 15 is 0 Å². The highest BCUT2D eigenvalue weighted by atomic mass is 16.5. The number of hydrogen-bond donors (Lipinski definition) is 0. The van der Waals surface area contributed by atoms with Gasteiger partial charge in [-0.15, -0.1) is 4.68 Å². The zero-order chi connectivity index (χ0) is 24.5. The highest BCUT2D eigenvalue weighted by molar-refractivity contribution is 6.26. The number of ether oxygens (including phenoxy) is 1. The average Bonchev–Trinajstić information content (AvgIpc) is 3.23. The predicted molar refractivity (Wildman–Crippen MR) is 122 cm³/mol. The second-order valence-electron chi connectivity index (χ2n) is 8.45. The lowest BCUT2D eigenvalue weighted by atomic mass is 9.94. The van der Waals surface area contributed by atoms with Gasteiger partial charge in [-0.2, -0.15) is 0 Å². The number of nitrogens with zero attached hydrogens (tertiary/aromatic N) is 6. The Morgan fingerprint density at radius 2 is 1.77 bits per heavy atom. The van der Waals surface area contributed by atoms with Gasteiger partial charge in [0.1, 0.15) is 11.4 Å². The number of carbonyl (C=O) groups excluding carboxylic acids is 3. The molecule has 0 spiro atoms. The van der Waals surface area contributed by atoms with Crippen molar-refractivity contribution in [2.75, 3.05) is 39.8 Å². The predicted octanol–water partition coefficient (Wildman–Crippen LogP) is 0.544. The first kappa shape index (κ1) is 22.7. The molecule has 180 valence electrons. The molecular weight excluding hydrogens is 452 g/mol. The van der Waals surface area contributed by atoms with Crippen molar-refractivity contribution >= 4 is 17.5 Å². The highest BCUT2D eigenvalue weighted by Gasteiger charge is 2.40. The van der Waals surface area contributed by atoms with Crippen molar-refractivity contribution in [3.8, 4) is 5.75 Å². The summed E-state index contributed by atoms with van der Waals surface area (Å²) in [6.07, 6.45) is 2.02. The summed E-state index contributed by atoms with van der Waals surface area (Å²) in [6, 6.07) is 10.1. The van der Waals surface area contributed by atoms with Gasteiger partial charge in [0.25, 0.3) is 5.91 Å². The standard InChI is InChI=1S/C24H24N6O5/c1-35-17-7-5-16(6-8-17)24(33)28-14-12-27(13-15-28)10-3-11-29-21-20(26-30(29)34)22(31)18-4-2-9-25-19(18)23(21)32/h2,4-9H,3,10-15H2,1H3. The first-order chi connectivity index (χ1) is 17.0. The Labute approximate surface area is 201 Å². The Bertz CT molecular complexity index is 1290. The number of aromatic nitrogens is 4. The number of pyridine rings is 1. The molecule has 1 amide bonds. The van der Waals surface area contributed by atoms with Crippen LogP contribution in [-0.2, 0) is 6.54 Å². The van der Waals surface area contributed by atoms with Crippen LogP contribution in [0.25, 0.3) is 0 Å². The van der Waals surface area contributed by atoms with Crippen LogP contribution in [0.5, 0.6) is 5.75 Å². The molecule has 0 unspecified atom stereocenters. The number of benzene rings is 1. The summed E-state index contributed by atoms with van der Waals surface area (Å²) in [5.74, 6) is -0.245. The minimum absolute atomic E-state index is 0.00823. The van der Waals surface area contributed by atoms with Crippen molar-refractivity contribution in [2.24, 2.45) is 0 Å². The molecule has 1 saturated heterocycles. The lowest BCUT2D eigenvalue weighted by molar-refractivity contribution is -0.749. The summed E-state index contributed by atoms with van der Waals surface area (Å²) in [5, 5.41) is 16.2. The minimum atomic E-state index is -0.469. The molecule has 35 heavy (non-hydrogen) atoms. The third-order valence-electron chi connectivity index (χ3n) is 6.41. The second kappa shape index (κ2) is 9.26. The van der Waals surface area contributed by atoms with Gasteiger partial charge in [0, 0.05) is 54.5 Å². The number of carbonyl (C=O) groups is 3. The van der Waals surface area contributed by atoms with E-state index in [0.29, 0.717) is 55.4 Å². The van der Waals surface area contributed by atoms with Crippen molar-refractivity contribution in [3.05, 3.63) is 76.0 Å². The molecule has 0 N–H and O–H groups in total. The first-order valence-electron chi connectivity index (χ1n) is 11.4. The molecule has 1 aliphatic carbocycles. The van der Waals surface area contributed by atoms with Gasteiger partial charge in [-0.1, -0.05) is 0 Å². The van der Waals surface area contributed by atoms with Crippen LogP contribution < -0.4 is 9.70 Å². The highest BCUT2D eigenvalue weighted by Crippen LogP contribution is 2.24. The number of amides is 1. The first-order valence-corrected chi connectivity index (χ1v) is 11.4. The molecule has 3 heterocycles. The van der Waals surface area contributed by atoms with Gasteiger partial charge in [-0.05, 0) is 42.8 Å². The SMILES string of the molecule is COc1ccc(C(=O)N2CCN(CCCn3c4c(n[n+]3[O-])C(=O)c3cccnc3C4=O)CC2)cc1. The van der Waals surface area contributed by atoms with Crippen LogP contribution >= 0.6 is 0 Å². The molecule has 11 nitrogen and oxygen atoms in total. The van der Waals surface area contributed by atoms with Gasteiger partial charge in [-0.25, -0.2) is 0 Å². The normalized spacial score (nSPS) is 15.6. The summed E-state index contributed by atoms with van der Waals surface area (Å²) < 4.78 is 6.35. The quantitative estimate of drug-likeness (QED) is 0.292. The molecule has 1 aliphatic heterocycles. The number of hydrogen-bond acceptors (Lipinski definition) is 8. The zero-order valence-electron chi connectivity index (χ0n) is 19.2. The zero-order valence-corrected chi connectivity index (χ0v) is 19.2. The Morgan fingerprint density at radius 3 is 2.49 bits per heavy atom. The molecular formula is C24H24N6O5. The molecule has 0 saturated carbocycles. The largest absolute Gasteiger partial charge is 0.571 e. The van der Waals surface area contributed by atoms with Crippen molar-refractivity contribution in [1.82, 2.24) is 24.6 Å². The van der Waals surface area contributed by atoms with Gasteiger partial charge >= 0.3 is 0 Å². The van der Waals surface area contributed by atoms with Crippen molar-refractivity contribution in [1.29, 1.82) is 0 Å². The maximum Gasteiger partial charge on any atom is 0.253 e. The molecule has 1 aromatic carbocycles. The Balaban J connectivity index is 1.18. The lowest BCUT2D eigenvalue weighted by Gasteiger charge is -2.34. The summed E-state index contributed by atoms with van der Waals surface area (Å²) in [7, 11) is 1.59. The van der Waals surface area contributed by atoms with Crippen molar-refractivity contribution < 1.29 is 24.1 Å². The van der Waals surface area contributed by atoms with E-state index in [-0.39, 0.29) is 35.1 Å². The molecule has 2 aliphatic rings. The molecule has 0 atom stereocenters. The van der Waals surface area contributed by atoms with Gasteiger partial charge < -0.3 is 14.8 Å². The van der Waals surface area contributed by atoms with E-state index in [9.17, 15) is 19.6 Å². The Morgan fingerprint density at radius 1 is 1.03 bits per heavy atom. The third kappa shape index (κ3) is 4.14. The number of methoxy groups -OCH3 is 1. The van der Waals surface area contributed by atoms with Crippen LogP contribution in [-0.4, -0.2) is 81.9 Å². The lowest BCUT2D eigenvalue weighted by Crippen LogP contribution is -2.49. The summed E-state index contributed by atoms with van der Waals surface area (Å²) in [6.45, 7) is 3.52. The summed E-state index contributed by atoms with van der Waals surface area (Å²) in [5.41, 5.74) is 0.698. The maximum absolute atomic E-state index is 12.9. The van der Waals surface area contributed by atoms with Gasteiger partial charge in [-0.3, -0.25) is 24.3 Å². The van der Waals surface area contributed by atoms with Gasteiger partial charge in [0.15, 0.2) is 5.69 Å². The number of piperazine rings is 1. The van der Waals surface area contributed by atoms with Crippen LogP contribution in [0, 0.1) is 5.21 Å². The van der Waals surface area contributed by atoms with Crippen LogP contribution in [0.15, 0.2) is 42.6 Å². The number of fused-ring (bicyclic) bond motifs is 2. The molecule has 3 aromatic rings. The van der Waals surface area contributed by atoms with Crippen LogP contribution in [0.2, 0.25) is 0 Å². The summed E-state index contributed by atoms with van der Waals surface area (Å²) in [4.78, 5) is 46.8. The fourth-order valence-electron chi connectivity index (χ4n) is 4.51. The molecule has 0 bridgehead atoms. The third-order valence-corrected chi connectivity index (χ3v) is 6.41. The van der Waals surface area contributed by atoms with Crippen LogP contribution in [0.4, 0.5) is 0 Å². The molecule has 1 fully saturated rings. The van der Waals surface area contributed by atoms with Crippen molar-refractivity contribution in [3.63, 3.8) is 0 Å². The Hall–Kier alpha value is -4.12. The fraction of sp³-hybridized carbons (Fsp3) is 0.333. The number of rotatable bonds is 6. The van der Waals surface area contributed by atoms with E-state index in [1.807, 2.05) is 4.90 Å². The molecule has 5 rings (SSSR count). The van der Waals surface area contributed by atoms with E-state index in [2.05, 4.69) is 15.0 Å². The summed E-state index contributed by atoms with van der Waals surface area (Å²) >= 11 is 0. The van der Waals surface area contributed by atoms with Crippen LogP contribution in [0.3, 0.4) is 0 Å². The minimum Gasteiger partial charge on any atom is -0.571 e. The molecule has 11 heteroatoms. The fourth-order valence-corrected chi connectivity index (χ4v) is 4.51. The van der Waals surface area contributed by atoms with E-state index in [1.54, 1.807) is 37.4 Å². The second-order valence-corrected chi connectivity index (χ2v) is 8.45. The molecule has 0 radical (unpaired) electrons. The number of ketones is 2. The smallest absolute Gasteiger partial charge is 0.253 e. The molecule has 2 aromatic heterocycles.